The van der Waals surface area contributed by atoms with Crippen molar-refractivity contribution in [3.63, 3.8) is 0 Å². The number of hydrogen-bond acceptors (Lipinski definition) is 3. The highest BCUT2D eigenvalue weighted by Gasteiger charge is 2.30. The molecule has 26 heavy (non-hydrogen) atoms. The molecule has 0 bridgehead atoms. The highest BCUT2D eigenvalue weighted by Crippen LogP contribution is 2.30. The fourth-order valence-electron chi connectivity index (χ4n) is 1.91. The number of ether oxygens (including phenoxy) is 2. The van der Waals surface area contributed by atoms with Gasteiger partial charge >= 0.3 is 18.5 Å². The smallest absolute Gasteiger partial charge is 0.429 e. The van der Waals surface area contributed by atoms with E-state index in [0.29, 0.717) is 11.1 Å². The summed E-state index contributed by atoms with van der Waals surface area (Å²) in [5, 5.41) is 0. The van der Waals surface area contributed by atoms with E-state index in [0.717, 1.165) is 48.5 Å². The van der Waals surface area contributed by atoms with E-state index in [9.17, 15) is 31.1 Å². The summed E-state index contributed by atoms with van der Waals surface area (Å²) in [7, 11) is 0. The second-order valence-electron chi connectivity index (χ2n) is 5.22. The van der Waals surface area contributed by atoms with E-state index in [1.165, 1.54) is 0 Å². The van der Waals surface area contributed by atoms with E-state index < -0.39 is 29.6 Å². The first kappa shape index (κ1) is 19.6. The van der Waals surface area contributed by atoms with Gasteiger partial charge in [-0.05, 0) is 35.4 Å². The van der Waals surface area contributed by atoms with Crippen LogP contribution in [0.4, 0.5) is 31.1 Å². The second kappa shape index (κ2) is 7.67. The van der Waals surface area contributed by atoms with Crippen LogP contribution in [0, 0.1) is 0 Å². The fraction of sp³-hybridized carbons (Fsp3) is 0.235. The molecule has 2 rings (SSSR count). The third-order valence-electron chi connectivity index (χ3n) is 3.28. The van der Waals surface area contributed by atoms with Crippen molar-refractivity contribution in [2.45, 2.75) is 25.6 Å². The Balaban J connectivity index is 1.80. The van der Waals surface area contributed by atoms with Crippen molar-refractivity contribution in [2.24, 2.45) is 0 Å². The summed E-state index contributed by atoms with van der Waals surface area (Å²) in [6.07, 6.45) is -10.0. The summed E-state index contributed by atoms with van der Waals surface area (Å²) < 4.78 is 84.0. The largest absolute Gasteiger partial charge is 0.508 e. The second-order valence-corrected chi connectivity index (χ2v) is 5.22. The topological polar surface area (TPSA) is 35.5 Å². The van der Waals surface area contributed by atoms with Gasteiger partial charge in [-0.2, -0.15) is 26.3 Å². The van der Waals surface area contributed by atoms with Crippen LogP contribution in [0.25, 0.3) is 0 Å². The predicted molar refractivity (Wildman–Crippen MR) is 77.9 cm³/mol. The molecule has 2 aromatic carbocycles. The van der Waals surface area contributed by atoms with Crippen molar-refractivity contribution in [3.8, 4) is 0 Å². The highest BCUT2D eigenvalue weighted by molar-refractivity contribution is 5.60. The molecule has 0 unspecified atom stereocenters. The lowest BCUT2D eigenvalue weighted by Crippen LogP contribution is -2.09. The van der Waals surface area contributed by atoms with Crippen molar-refractivity contribution in [2.75, 3.05) is 0 Å². The molecular formula is C17H12F6O3. The molecule has 0 atom stereocenters. The summed E-state index contributed by atoms with van der Waals surface area (Å²) in [6.45, 7) is -0.603. The van der Waals surface area contributed by atoms with Crippen LogP contribution in [-0.2, 0) is 35.0 Å². The Morgan fingerprint density at radius 3 is 1.23 bits per heavy atom. The molecule has 0 heterocycles. The molecule has 0 amide bonds. The Kier molecular flexibility index (Phi) is 5.79. The summed E-state index contributed by atoms with van der Waals surface area (Å²) >= 11 is 0. The summed E-state index contributed by atoms with van der Waals surface area (Å²) in [5.41, 5.74) is -1.01. The summed E-state index contributed by atoms with van der Waals surface area (Å²) in [5.74, 6) is 0. The van der Waals surface area contributed by atoms with Crippen molar-refractivity contribution in [1.82, 2.24) is 0 Å². The Morgan fingerprint density at radius 1 is 0.654 bits per heavy atom. The Hall–Kier alpha value is -2.71. The number of carbonyl (C=O) groups is 1. The number of alkyl halides is 6. The van der Waals surface area contributed by atoms with Gasteiger partial charge in [-0.1, -0.05) is 24.3 Å². The fourth-order valence-corrected chi connectivity index (χ4v) is 1.91. The average molecular weight is 378 g/mol. The van der Waals surface area contributed by atoms with Gasteiger partial charge in [-0.3, -0.25) is 0 Å². The molecule has 0 aliphatic heterocycles. The zero-order valence-corrected chi connectivity index (χ0v) is 13.0. The van der Waals surface area contributed by atoms with E-state index in [-0.39, 0.29) is 13.2 Å². The highest BCUT2D eigenvalue weighted by atomic mass is 19.4. The van der Waals surface area contributed by atoms with Crippen LogP contribution in [0.5, 0.6) is 0 Å². The summed E-state index contributed by atoms with van der Waals surface area (Å²) in [6, 6.07) is 8.05. The van der Waals surface area contributed by atoms with Gasteiger partial charge in [-0.25, -0.2) is 4.79 Å². The molecule has 3 nitrogen and oxygen atoms in total. The van der Waals surface area contributed by atoms with Crippen molar-refractivity contribution >= 4 is 6.16 Å². The maximum atomic E-state index is 12.4. The van der Waals surface area contributed by atoms with Crippen LogP contribution in [0.15, 0.2) is 48.5 Å². The minimum Gasteiger partial charge on any atom is -0.429 e. The van der Waals surface area contributed by atoms with Crippen molar-refractivity contribution in [1.29, 1.82) is 0 Å². The number of hydrogen-bond donors (Lipinski definition) is 0. The van der Waals surface area contributed by atoms with E-state index in [1.807, 2.05) is 0 Å². The van der Waals surface area contributed by atoms with Gasteiger partial charge in [0.25, 0.3) is 0 Å². The Labute approximate surface area is 144 Å². The molecule has 0 aromatic heterocycles. The monoisotopic (exact) mass is 378 g/mol. The molecule has 140 valence electrons. The number of carbonyl (C=O) groups excluding carboxylic acids is 1. The van der Waals surface area contributed by atoms with Crippen LogP contribution in [0.3, 0.4) is 0 Å². The van der Waals surface area contributed by atoms with Gasteiger partial charge in [0.05, 0.1) is 11.1 Å². The molecule has 0 saturated carbocycles. The number of rotatable bonds is 4. The number of halogens is 6. The van der Waals surface area contributed by atoms with Gasteiger partial charge in [0.2, 0.25) is 0 Å². The molecule has 0 N–H and O–H groups in total. The van der Waals surface area contributed by atoms with E-state index in [2.05, 4.69) is 0 Å². The number of benzene rings is 2. The normalized spacial score (nSPS) is 11.9. The van der Waals surface area contributed by atoms with Crippen molar-refractivity contribution < 1.29 is 40.6 Å². The maximum Gasteiger partial charge on any atom is 0.508 e. The van der Waals surface area contributed by atoms with E-state index in [4.69, 9.17) is 9.47 Å². The van der Waals surface area contributed by atoms with Gasteiger partial charge in [0.15, 0.2) is 0 Å². The summed E-state index contributed by atoms with van der Waals surface area (Å²) in [4.78, 5) is 11.4. The molecule has 9 heteroatoms. The van der Waals surface area contributed by atoms with Crippen LogP contribution in [0.1, 0.15) is 22.3 Å². The van der Waals surface area contributed by atoms with E-state index in [1.54, 1.807) is 0 Å². The van der Waals surface area contributed by atoms with Crippen LogP contribution < -0.4 is 0 Å². The van der Waals surface area contributed by atoms with Gasteiger partial charge in [-0.15, -0.1) is 0 Å². The van der Waals surface area contributed by atoms with Gasteiger partial charge in [0, 0.05) is 0 Å². The van der Waals surface area contributed by atoms with Crippen molar-refractivity contribution in [3.05, 3.63) is 70.8 Å². The standard InChI is InChI=1S/C17H12F6O3/c18-16(19,20)13-5-1-11(2-6-13)9-25-15(24)26-10-12-3-7-14(8-4-12)17(21,22)23/h1-8H,9-10H2. The van der Waals surface area contributed by atoms with Gasteiger partial charge < -0.3 is 9.47 Å². The lowest BCUT2D eigenvalue weighted by Gasteiger charge is -2.09. The zero-order chi connectivity index (χ0) is 19.4. The maximum absolute atomic E-state index is 12.4. The zero-order valence-electron chi connectivity index (χ0n) is 13.0. The van der Waals surface area contributed by atoms with Crippen LogP contribution in [0.2, 0.25) is 0 Å². The minimum absolute atomic E-state index is 0.302. The SMILES string of the molecule is O=C(OCc1ccc(C(F)(F)F)cc1)OCc1ccc(C(F)(F)F)cc1. The first-order chi connectivity index (χ1) is 12.1. The third kappa shape index (κ3) is 5.68. The van der Waals surface area contributed by atoms with Gasteiger partial charge in [0.1, 0.15) is 13.2 Å². The molecule has 0 spiro atoms. The lowest BCUT2D eigenvalue weighted by atomic mass is 10.1. The van der Waals surface area contributed by atoms with E-state index >= 15 is 0 Å². The predicted octanol–water partition coefficient (Wildman–Crippen LogP) is 5.58. The molecular weight excluding hydrogens is 366 g/mol. The molecule has 0 fully saturated rings. The minimum atomic E-state index is -4.46. The van der Waals surface area contributed by atoms with Crippen LogP contribution in [-0.4, -0.2) is 6.16 Å². The first-order valence-corrected chi connectivity index (χ1v) is 7.17. The molecule has 0 radical (unpaired) electrons. The Bertz CT molecular complexity index is 670. The third-order valence-corrected chi connectivity index (χ3v) is 3.28. The molecule has 2 aromatic rings. The molecule has 0 aliphatic rings. The average Bonchev–Trinajstić information content (AvgIpc) is 2.57. The Morgan fingerprint density at radius 2 is 0.962 bits per heavy atom. The first-order valence-electron chi connectivity index (χ1n) is 7.17. The molecule has 0 saturated heterocycles. The quantitative estimate of drug-likeness (QED) is 0.515. The van der Waals surface area contributed by atoms with Crippen LogP contribution >= 0.6 is 0 Å². The lowest BCUT2D eigenvalue weighted by molar-refractivity contribution is -0.138. The molecule has 0 aliphatic carbocycles.